The zero-order valence-corrected chi connectivity index (χ0v) is 14.6. The zero-order chi connectivity index (χ0) is 18.4. The Bertz CT molecular complexity index is 746. The van der Waals surface area contributed by atoms with Crippen LogP contribution in [0.25, 0.3) is 0 Å². The van der Waals surface area contributed by atoms with Gasteiger partial charge in [-0.25, -0.2) is 0 Å². The van der Waals surface area contributed by atoms with Gasteiger partial charge in [0.1, 0.15) is 0 Å². The van der Waals surface area contributed by atoms with Gasteiger partial charge in [-0.05, 0) is 18.4 Å². The second-order valence-corrected chi connectivity index (χ2v) is 6.37. The number of aromatic nitrogens is 2. The van der Waals surface area contributed by atoms with E-state index in [2.05, 4.69) is 15.0 Å². The molecule has 8 heteroatoms. The molecule has 0 spiro atoms. The van der Waals surface area contributed by atoms with Gasteiger partial charge in [-0.15, -0.1) is 0 Å². The van der Waals surface area contributed by atoms with Crippen LogP contribution in [0.4, 0.5) is 0 Å². The average molecular weight is 357 g/mol. The number of carbonyl (C=O) groups excluding carboxylic acids is 2. The SMILES string of the molecule is NC(=O)c1noc(CN2CCCN(C(=O)CCc3ccccc3)CC2)n1. The molecule has 3 rings (SSSR count). The predicted molar refractivity (Wildman–Crippen MR) is 94.1 cm³/mol. The third kappa shape index (κ3) is 4.89. The minimum atomic E-state index is -0.703. The first kappa shape index (κ1) is 18.1. The molecular weight excluding hydrogens is 334 g/mol. The van der Waals surface area contributed by atoms with Crippen LogP contribution < -0.4 is 5.73 Å². The van der Waals surface area contributed by atoms with Gasteiger partial charge in [0.15, 0.2) is 0 Å². The van der Waals surface area contributed by atoms with Gasteiger partial charge in [0.25, 0.3) is 11.7 Å². The third-order valence-corrected chi connectivity index (χ3v) is 4.46. The van der Waals surface area contributed by atoms with Crippen molar-refractivity contribution in [1.29, 1.82) is 0 Å². The molecule has 8 nitrogen and oxygen atoms in total. The predicted octanol–water partition coefficient (Wildman–Crippen LogP) is 0.836. The lowest BCUT2D eigenvalue weighted by atomic mass is 10.1. The maximum Gasteiger partial charge on any atom is 0.290 e. The van der Waals surface area contributed by atoms with Crippen LogP contribution in [0.5, 0.6) is 0 Å². The van der Waals surface area contributed by atoms with Crippen molar-refractivity contribution in [2.45, 2.75) is 25.8 Å². The molecule has 0 atom stereocenters. The van der Waals surface area contributed by atoms with E-state index in [9.17, 15) is 9.59 Å². The molecule has 1 aliphatic rings. The minimum Gasteiger partial charge on any atom is -0.363 e. The van der Waals surface area contributed by atoms with Crippen molar-refractivity contribution in [3.05, 3.63) is 47.6 Å². The summed E-state index contributed by atoms with van der Waals surface area (Å²) in [6, 6.07) is 10.0. The molecule has 26 heavy (non-hydrogen) atoms. The Labute approximate surface area is 151 Å². The summed E-state index contributed by atoms with van der Waals surface area (Å²) < 4.78 is 5.05. The van der Waals surface area contributed by atoms with E-state index in [4.69, 9.17) is 10.3 Å². The van der Waals surface area contributed by atoms with E-state index in [1.54, 1.807) is 0 Å². The maximum atomic E-state index is 12.5. The van der Waals surface area contributed by atoms with Crippen molar-refractivity contribution in [2.75, 3.05) is 26.2 Å². The van der Waals surface area contributed by atoms with E-state index in [1.807, 2.05) is 35.2 Å². The summed E-state index contributed by atoms with van der Waals surface area (Å²) >= 11 is 0. The van der Waals surface area contributed by atoms with E-state index < -0.39 is 5.91 Å². The molecule has 0 saturated carbocycles. The Morgan fingerprint density at radius 2 is 1.92 bits per heavy atom. The Morgan fingerprint density at radius 3 is 2.65 bits per heavy atom. The van der Waals surface area contributed by atoms with Crippen LogP contribution in [0.1, 0.15) is 34.9 Å². The van der Waals surface area contributed by atoms with Crippen LogP contribution in [-0.4, -0.2) is 57.9 Å². The number of hydrogen-bond acceptors (Lipinski definition) is 6. The molecule has 1 aromatic heterocycles. The summed E-state index contributed by atoms with van der Waals surface area (Å²) in [4.78, 5) is 31.5. The highest BCUT2D eigenvalue weighted by Gasteiger charge is 2.21. The van der Waals surface area contributed by atoms with Crippen molar-refractivity contribution >= 4 is 11.8 Å². The smallest absolute Gasteiger partial charge is 0.290 e. The van der Waals surface area contributed by atoms with Gasteiger partial charge in [-0.3, -0.25) is 14.5 Å². The van der Waals surface area contributed by atoms with Crippen LogP contribution >= 0.6 is 0 Å². The van der Waals surface area contributed by atoms with E-state index in [1.165, 1.54) is 5.56 Å². The van der Waals surface area contributed by atoms with Crippen LogP contribution in [0.2, 0.25) is 0 Å². The number of nitrogens with zero attached hydrogens (tertiary/aromatic N) is 4. The van der Waals surface area contributed by atoms with Crippen LogP contribution in [0.3, 0.4) is 0 Å². The Hall–Kier alpha value is -2.74. The van der Waals surface area contributed by atoms with Crippen molar-refractivity contribution in [3.63, 3.8) is 0 Å². The van der Waals surface area contributed by atoms with Crippen LogP contribution in [0, 0.1) is 0 Å². The van der Waals surface area contributed by atoms with Gasteiger partial charge in [-0.1, -0.05) is 35.5 Å². The Morgan fingerprint density at radius 1 is 1.12 bits per heavy atom. The van der Waals surface area contributed by atoms with Crippen LogP contribution in [-0.2, 0) is 17.8 Å². The minimum absolute atomic E-state index is 0.104. The molecule has 2 N–H and O–H groups in total. The fraction of sp³-hybridized carbons (Fsp3) is 0.444. The molecule has 1 saturated heterocycles. The molecule has 1 aliphatic heterocycles. The standard InChI is InChI=1S/C18H23N5O3/c19-17(25)18-20-15(26-21-18)13-22-9-4-10-23(12-11-22)16(24)8-7-14-5-2-1-3-6-14/h1-3,5-6H,4,7-13H2,(H2,19,25). The zero-order valence-electron chi connectivity index (χ0n) is 14.6. The Kier molecular flexibility index (Phi) is 5.96. The monoisotopic (exact) mass is 357 g/mol. The van der Waals surface area contributed by atoms with Crippen LogP contribution in [0.15, 0.2) is 34.9 Å². The van der Waals surface area contributed by atoms with Gasteiger partial charge in [0.2, 0.25) is 11.8 Å². The second-order valence-electron chi connectivity index (χ2n) is 6.37. The highest BCUT2D eigenvalue weighted by Crippen LogP contribution is 2.10. The topological polar surface area (TPSA) is 106 Å². The van der Waals surface area contributed by atoms with E-state index >= 15 is 0 Å². The quantitative estimate of drug-likeness (QED) is 0.821. The number of benzene rings is 1. The van der Waals surface area contributed by atoms with Crippen molar-refractivity contribution in [2.24, 2.45) is 5.73 Å². The normalized spacial score (nSPS) is 15.6. The first-order chi connectivity index (χ1) is 12.6. The molecule has 1 aromatic carbocycles. The lowest BCUT2D eigenvalue weighted by Crippen LogP contribution is -2.35. The number of nitrogens with two attached hydrogens (primary N) is 1. The van der Waals surface area contributed by atoms with E-state index in [0.717, 1.165) is 32.5 Å². The molecule has 0 aliphatic carbocycles. The fourth-order valence-corrected chi connectivity index (χ4v) is 3.04. The molecule has 2 heterocycles. The molecule has 2 amide bonds. The molecule has 0 unspecified atom stereocenters. The molecule has 1 fully saturated rings. The fourth-order valence-electron chi connectivity index (χ4n) is 3.04. The van der Waals surface area contributed by atoms with Gasteiger partial charge in [0.05, 0.1) is 6.54 Å². The molecule has 2 aromatic rings. The largest absolute Gasteiger partial charge is 0.363 e. The summed E-state index contributed by atoms with van der Waals surface area (Å²) in [6.07, 6.45) is 2.17. The second kappa shape index (κ2) is 8.57. The van der Waals surface area contributed by atoms with Crippen molar-refractivity contribution in [1.82, 2.24) is 19.9 Å². The average Bonchev–Trinajstić information content (AvgIpc) is 2.99. The van der Waals surface area contributed by atoms with Gasteiger partial charge in [-0.2, -0.15) is 4.98 Å². The summed E-state index contributed by atoms with van der Waals surface area (Å²) in [5.74, 6) is -0.259. The highest BCUT2D eigenvalue weighted by atomic mass is 16.5. The molecule has 138 valence electrons. The summed E-state index contributed by atoms with van der Waals surface area (Å²) in [5.41, 5.74) is 6.31. The summed E-state index contributed by atoms with van der Waals surface area (Å²) in [6.45, 7) is 3.43. The van der Waals surface area contributed by atoms with Crippen molar-refractivity contribution < 1.29 is 14.1 Å². The number of amides is 2. The molecule has 0 bridgehead atoms. The van der Waals surface area contributed by atoms with Crippen molar-refractivity contribution in [3.8, 4) is 0 Å². The number of carbonyl (C=O) groups is 2. The first-order valence-corrected chi connectivity index (χ1v) is 8.78. The third-order valence-electron chi connectivity index (χ3n) is 4.46. The van der Waals surface area contributed by atoms with Gasteiger partial charge >= 0.3 is 0 Å². The highest BCUT2D eigenvalue weighted by molar-refractivity contribution is 5.88. The first-order valence-electron chi connectivity index (χ1n) is 8.78. The van der Waals surface area contributed by atoms with Gasteiger partial charge < -0.3 is 15.2 Å². The maximum absolute atomic E-state index is 12.5. The molecular formula is C18H23N5O3. The Balaban J connectivity index is 1.47. The van der Waals surface area contributed by atoms with E-state index in [0.29, 0.717) is 25.4 Å². The van der Waals surface area contributed by atoms with E-state index in [-0.39, 0.29) is 11.7 Å². The lowest BCUT2D eigenvalue weighted by molar-refractivity contribution is -0.131. The summed E-state index contributed by atoms with van der Waals surface area (Å²) in [7, 11) is 0. The number of primary amides is 1. The lowest BCUT2D eigenvalue weighted by Gasteiger charge is -2.21. The number of rotatable bonds is 6. The number of aryl methyl sites for hydroxylation is 1. The molecule has 0 radical (unpaired) electrons. The number of hydrogen-bond donors (Lipinski definition) is 1. The summed E-state index contributed by atoms with van der Waals surface area (Å²) in [5, 5.41) is 3.55. The van der Waals surface area contributed by atoms with Gasteiger partial charge in [0, 0.05) is 32.6 Å².